The highest BCUT2D eigenvalue weighted by atomic mass is 79.9. The zero-order valence-electron chi connectivity index (χ0n) is 13.8. The molecule has 0 radical (unpaired) electrons. The Balaban J connectivity index is 1.72. The molecule has 3 rings (SSSR count). The summed E-state index contributed by atoms with van der Waals surface area (Å²) in [4.78, 5) is 12.4. The first-order valence-electron chi connectivity index (χ1n) is 7.72. The number of anilines is 1. The molecule has 2 heterocycles. The van der Waals surface area contributed by atoms with Gasteiger partial charge in [0.25, 0.3) is 0 Å². The number of carbonyl (C=O) groups is 1. The molecule has 3 aromatic rings. The highest BCUT2D eigenvalue weighted by Gasteiger charge is 2.17. The van der Waals surface area contributed by atoms with E-state index in [4.69, 9.17) is 0 Å². The van der Waals surface area contributed by atoms with Crippen molar-refractivity contribution in [2.24, 2.45) is 0 Å². The van der Waals surface area contributed by atoms with Crippen LogP contribution in [0.15, 0.2) is 47.2 Å². The maximum atomic E-state index is 13.8. The lowest BCUT2D eigenvalue weighted by molar-refractivity contribution is -0.119. The van der Waals surface area contributed by atoms with Crippen molar-refractivity contribution in [1.82, 2.24) is 19.6 Å². The second-order valence-electron chi connectivity index (χ2n) is 5.72. The third-order valence-corrected chi connectivity index (χ3v) is 4.27. The molecule has 0 spiro atoms. The van der Waals surface area contributed by atoms with Crippen molar-refractivity contribution in [3.05, 3.63) is 64.3 Å². The maximum absolute atomic E-state index is 13.8. The van der Waals surface area contributed by atoms with Crippen LogP contribution in [0.2, 0.25) is 0 Å². The van der Waals surface area contributed by atoms with Gasteiger partial charge in [-0.1, -0.05) is 18.2 Å². The van der Waals surface area contributed by atoms with Crippen LogP contribution in [0, 0.1) is 12.7 Å². The molecule has 0 aliphatic rings. The molecule has 8 heteroatoms. The molecule has 130 valence electrons. The molecular weight excluding hydrogens is 389 g/mol. The van der Waals surface area contributed by atoms with Gasteiger partial charge in [-0.15, -0.1) is 0 Å². The van der Waals surface area contributed by atoms with Gasteiger partial charge in [-0.05, 0) is 35.8 Å². The predicted octanol–water partition coefficient (Wildman–Crippen LogP) is 3.54. The van der Waals surface area contributed by atoms with E-state index in [-0.39, 0.29) is 11.7 Å². The van der Waals surface area contributed by atoms with E-state index in [1.54, 1.807) is 52.9 Å². The highest BCUT2D eigenvalue weighted by molar-refractivity contribution is 9.10. The first-order chi connectivity index (χ1) is 11.9. The summed E-state index contributed by atoms with van der Waals surface area (Å²) in [5, 5.41) is 11.2. The number of carbonyl (C=O) groups excluding carboxylic acids is 1. The average molecular weight is 406 g/mol. The largest absolute Gasteiger partial charge is 0.307 e. The van der Waals surface area contributed by atoms with Crippen molar-refractivity contribution in [2.75, 3.05) is 5.32 Å². The van der Waals surface area contributed by atoms with Gasteiger partial charge in [0.2, 0.25) is 5.91 Å². The Morgan fingerprint density at radius 3 is 2.84 bits per heavy atom. The molecule has 0 saturated heterocycles. The molecule has 0 saturated carbocycles. The molecule has 1 atom stereocenters. The number of benzene rings is 1. The van der Waals surface area contributed by atoms with Crippen LogP contribution >= 0.6 is 15.9 Å². The molecule has 2 aromatic heterocycles. The summed E-state index contributed by atoms with van der Waals surface area (Å²) in [5.74, 6) is -0.0797. The Kier molecular flexibility index (Phi) is 4.98. The van der Waals surface area contributed by atoms with Gasteiger partial charge in [-0.3, -0.25) is 14.2 Å². The summed E-state index contributed by atoms with van der Waals surface area (Å²) >= 11 is 3.31. The minimum absolute atomic E-state index is 0.230. The van der Waals surface area contributed by atoms with Crippen LogP contribution in [-0.2, 0) is 11.3 Å². The van der Waals surface area contributed by atoms with Gasteiger partial charge in [0.1, 0.15) is 11.9 Å². The SMILES string of the molecule is Cc1cc(NC(=O)C(C)n2cc(Br)cn2)nn1Cc1ccccc1F. The first-order valence-corrected chi connectivity index (χ1v) is 8.51. The van der Waals surface area contributed by atoms with Crippen molar-refractivity contribution < 1.29 is 9.18 Å². The molecule has 25 heavy (non-hydrogen) atoms. The van der Waals surface area contributed by atoms with Crippen LogP contribution in [0.4, 0.5) is 10.2 Å². The van der Waals surface area contributed by atoms with Crippen LogP contribution in [0.1, 0.15) is 24.2 Å². The molecule has 0 bridgehead atoms. The second kappa shape index (κ2) is 7.18. The molecule has 0 fully saturated rings. The molecular formula is C17H17BrFN5O. The lowest BCUT2D eigenvalue weighted by Crippen LogP contribution is -2.24. The van der Waals surface area contributed by atoms with Gasteiger partial charge in [-0.2, -0.15) is 10.2 Å². The fraction of sp³-hybridized carbons (Fsp3) is 0.235. The van der Waals surface area contributed by atoms with Crippen molar-refractivity contribution in [3.63, 3.8) is 0 Å². The Morgan fingerprint density at radius 1 is 1.40 bits per heavy atom. The normalized spacial score (nSPS) is 12.2. The van der Waals surface area contributed by atoms with Crippen LogP contribution in [0.3, 0.4) is 0 Å². The molecule has 1 aromatic carbocycles. The number of hydrogen-bond donors (Lipinski definition) is 1. The number of rotatable bonds is 5. The fourth-order valence-electron chi connectivity index (χ4n) is 2.40. The van der Waals surface area contributed by atoms with E-state index in [2.05, 4.69) is 31.4 Å². The van der Waals surface area contributed by atoms with E-state index in [1.165, 1.54) is 6.07 Å². The number of halogens is 2. The average Bonchev–Trinajstić information content (AvgIpc) is 3.15. The zero-order chi connectivity index (χ0) is 18.0. The molecule has 6 nitrogen and oxygen atoms in total. The summed E-state index contributed by atoms with van der Waals surface area (Å²) in [6, 6.07) is 7.83. The standard InChI is InChI=1S/C17H17BrFN5O/c1-11-7-16(21-17(25)12(2)24-10-14(18)8-20-24)22-23(11)9-13-5-3-4-6-15(13)19/h3-8,10,12H,9H2,1-2H3,(H,21,22,25). The number of amides is 1. The molecule has 1 N–H and O–H groups in total. The Bertz CT molecular complexity index is 904. The Labute approximate surface area is 152 Å². The number of hydrogen-bond acceptors (Lipinski definition) is 3. The highest BCUT2D eigenvalue weighted by Crippen LogP contribution is 2.16. The third kappa shape index (κ3) is 3.96. The van der Waals surface area contributed by atoms with Crippen molar-refractivity contribution in [3.8, 4) is 0 Å². The summed E-state index contributed by atoms with van der Waals surface area (Å²) < 4.78 is 17.8. The van der Waals surface area contributed by atoms with Crippen LogP contribution in [0.5, 0.6) is 0 Å². The number of nitrogens with one attached hydrogen (secondary N) is 1. The van der Waals surface area contributed by atoms with Gasteiger partial charge in [0, 0.05) is 23.5 Å². The second-order valence-corrected chi connectivity index (χ2v) is 6.64. The van der Waals surface area contributed by atoms with E-state index in [0.717, 1.165) is 10.2 Å². The Morgan fingerprint density at radius 2 is 2.16 bits per heavy atom. The summed E-state index contributed by atoms with van der Waals surface area (Å²) in [6.45, 7) is 3.91. The van der Waals surface area contributed by atoms with Crippen molar-refractivity contribution in [1.29, 1.82) is 0 Å². The maximum Gasteiger partial charge on any atom is 0.250 e. The van der Waals surface area contributed by atoms with Gasteiger partial charge >= 0.3 is 0 Å². The molecule has 0 aliphatic heterocycles. The van der Waals surface area contributed by atoms with Gasteiger partial charge in [0.05, 0.1) is 17.2 Å². The van der Waals surface area contributed by atoms with Crippen molar-refractivity contribution in [2.45, 2.75) is 26.4 Å². The van der Waals surface area contributed by atoms with E-state index < -0.39 is 6.04 Å². The number of nitrogens with zero attached hydrogens (tertiary/aromatic N) is 4. The molecule has 0 aliphatic carbocycles. The smallest absolute Gasteiger partial charge is 0.250 e. The van der Waals surface area contributed by atoms with Crippen LogP contribution in [0.25, 0.3) is 0 Å². The molecule has 1 unspecified atom stereocenters. The fourth-order valence-corrected chi connectivity index (χ4v) is 2.70. The minimum atomic E-state index is -0.483. The first kappa shape index (κ1) is 17.3. The van der Waals surface area contributed by atoms with Crippen LogP contribution in [-0.4, -0.2) is 25.5 Å². The van der Waals surface area contributed by atoms with Gasteiger partial charge < -0.3 is 5.32 Å². The van der Waals surface area contributed by atoms with Crippen molar-refractivity contribution >= 4 is 27.7 Å². The monoisotopic (exact) mass is 405 g/mol. The van der Waals surface area contributed by atoms with E-state index in [0.29, 0.717) is 17.9 Å². The zero-order valence-corrected chi connectivity index (χ0v) is 15.4. The topological polar surface area (TPSA) is 64.7 Å². The third-order valence-electron chi connectivity index (χ3n) is 3.86. The predicted molar refractivity (Wildman–Crippen MR) is 95.7 cm³/mol. The number of aromatic nitrogens is 4. The van der Waals surface area contributed by atoms with E-state index in [1.807, 2.05) is 6.92 Å². The number of aryl methyl sites for hydroxylation is 1. The lowest BCUT2D eigenvalue weighted by Gasteiger charge is -2.11. The minimum Gasteiger partial charge on any atom is -0.307 e. The summed E-state index contributed by atoms with van der Waals surface area (Å²) in [7, 11) is 0. The summed E-state index contributed by atoms with van der Waals surface area (Å²) in [6.07, 6.45) is 3.35. The van der Waals surface area contributed by atoms with Crippen LogP contribution < -0.4 is 5.32 Å². The van der Waals surface area contributed by atoms with E-state index >= 15 is 0 Å². The lowest BCUT2D eigenvalue weighted by atomic mass is 10.2. The van der Waals surface area contributed by atoms with E-state index in [9.17, 15) is 9.18 Å². The van der Waals surface area contributed by atoms with Gasteiger partial charge in [-0.25, -0.2) is 4.39 Å². The molecule has 1 amide bonds. The van der Waals surface area contributed by atoms with Gasteiger partial charge in [0.15, 0.2) is 5.82 Å². The quantitative estimate of drug-likeness (QED) is 0.705. The summed E-state index contributed by atoms with van der Waals surface area (Å²) in [5.41, 5.74) is 1.37. The Hall–Kier alpha value is -2.48.